The Morgan fingerprint density at radius 1 is 1.21 bits per heavy atom. The molecule has 3 aliphatic carbocycles. The van der Waals surface area contributed by atoms with Crippen LogP contribution in [0.4, 0.5) is 0 Å². The third-order valence-corrected chi connectivity index (χ3v) is 7.29. The van der Waals surface area contributed by atoms with Crippen molar-refractivity contribution in [2.75, 3.05) is 0 Å². The van der Waals surface area contributed by atoms with E-state index in [1.54, 1.807) is 5.57 Å². The highest BCUT2D eigenvalue weighted by molar-refractivity contribution is 5.27. The fourth-order valence-electron chi connectivity index (χ4n) is 5.63. The van der Waals surface area contributed by atoms with E-state index in [4.69, 9.17) is 0 Å². The lowest BCUT2D eigenvalue weighted by molar-refractivity contribution is 0.127. The van der Waals surface area contributed by atoms with Gasteiger partial charge in [0.05, 0.1) is 6.10 Å². The quantitative estimate of drug-likeness (QED) is 0.596. The van der Waals surface area contributed by atoms with Gasteiger partial charge in [-0.15, -0.1) is 0 Å². The summed E-state index contributed by atoms with van der Waals surface area (Å²) in [6.45, 7) is 8.88. The third-order valence-electron chi connectivity index (χ3n) is 7.29. The Kier molecular flexibility index (Phi) is 5.70. The van der Waals surface area contributed by atoms with Gasteiger partial charge in [0, 0.05) is 0 Å². The van der Waals surface area contributed by atoms with Crippen LogP contribution in [-0.2, 0) is 0 Å². The molecule has 1 nitrogen and oxygen atoms in total. The first-order valence-electron chi connectivity index (χ1n) is 10.3. The van der Waals surface area contributed by atoms with Gasteiger partial charge in [-0.25, -0.2) is 0 Å². The number of hydrogen-bond donors (Lipinski definition) is 1. The van der Waals surface area contributed by atoms with E-state index in [1.165, 1.54) is 56.9 Å². The zero-order valence-electron chi connectivity index (χ0n) is 15.8. The van der Waals surface area contributed by atoms with Gasteiger partial charge in [0.1, 0.15) is 0 Å². The Bertz CT molecular complexity index is 526. The smallest absolute Gasteiger partial charge is 0.0784 e. The topological polar surface area (TPSA) is 20.2 Å². The summed E-state index contributed by atoms with van der Waals surface area (Å²) in [5, 5.41) is 10.0. The third kappa shape index (κ3) is 3.57. The van der Waals surface area contributed by atoms with E-state index in [2.05, 4.69) is 32.6 Å². The van der Waals surface area contributed by atoms with E-state index < -0.39 is 0 Å². The summed E-state index contributed by atoms with van der Waals surface area (Å²) >= 11 is 0. The molecule has 1 N–H and O–H groups in total. The first-order chi connectivity index (χ1) is 11.5. The molecule has 0 heterocycles. The Morgan fingerprint density at radius 2 is 2.04 bits per heavy atom. The lowest BCUT2D eigenvalue weighted by Crippen LogP contribution is -2.33. The van der Waals surface area contributed by atoms with Crippen LogP contribution in [0.15, 0.2) is 35.5 Å². The summed E-state index contributed by atoms with van der Waals surface area (Å²) in [5.74, 6) is 1.76. The van der Waals surface area contributed by atoms with Gasteiger partial charge < -0.3 is 5.11 Å². The Morgan fingerprint density at radius 3 is 2.79 bits per heavy atom. The second kappa shape index (κ2) is 7.60. The molecule has 134 valence electrons. The van der Waals surface area contributed by atoms with E-state index in [9.17, 15) is 5.11 Å². The van der Waals surface area contributed by atoms with Gasteiger partial charge in [-0.05, 0) is 80.6 Å². The number of aliphatic hydroxyl groups excluding tert-OH is 1. The maximum absolute atomic E-state index is 10.0. The Hall–Kier alpha value is -0.820. The average molecular weight is 329 g/mol. The highest BCUT2D eigenvalue weighted by atomic mass is 16.3. The van der Waals surface area contributed by atoms with Crippen LogP contribution in [0.25, 0.3) is 0 Å². The van der Waals surface area contributed by atoms with Crippen molar-refractivity contribution in [3.8, 4) is 0 Å². The zero-order chi connectivity index (χ0) is 17.2. The standard InChI is InChI=1S/C23H36O/c1-4-5-8-20-13-14-21-19(7-6-15-23(20,21)3)12-11-18-10-9-17(2)22(24)16-18/h11-12,20-22,24H,2,4-10,13-16H2,1,3H3/b18-11-,19-12+. The minimum absolute atomic E-state index is 0.315. The van der Waals surface area contributed by atoms with Crippen LogP contribution in [0, 0.1) is 17.3 Å². The molecule has 24 heavy (non-hydrogen) atoms. The van der Waals surface area contributed by atoms with Gasteiger partial charge in [0.25, 0.3) is 0 Å². The van der Waals surface area contributed by atoms with Crippen LogP contribution >= 0.6 is 0 Å². The maximum atomic E-state index is 10.0. The lowest BCUT2D eigenvalue weighted by atomic mass is 9.62. The Balaban J connectivity index is 1.71. The summed E-state index contributed by atoms with van der Waals surface area (Å²) in [4.78, 5) is 0. The van der Waals surface area contributed by atoms with E-state index in [0.717, 1.165) is 36.7 Å². The molecule has 4 atom stereocenters. The molecule has 0 amide bonds. The van der Waals surface area contributed by atoms with Crippen molar-refractivity contribution in [3.63, 3.8) is 0 Å². The van der Waals surface area contributed by atoms with E-state index >= 15 is 0 Å². The van der Waals surface area contributed by atoms with Crippen LogP contribution in [0.3, 0.4) is 0 Å². The van der Waals surface area contributed by atoms with Gasteiger partial charge in [-0.3, -0.25) is 0 Å². The molecule has 0 aromatic heterocycles. The number of unbranched alkanes of at least 4 members (excludes halogenated alkanes) is 1. The molecule has 0 aromatic rings. The number of fused-ring (bicyclic) bond motifs is 1. The summed E-state index contributed by atoms with van der Waals surface area (Å²) < 4.78 is 0. The fourth-order valence-corrected chi connectivity index (χ4v) is 5.63. The molecule has 0 saturated heterocycles. The Labute approximate surface area is 148 Å². The maximum Gasteiger partial charge on any atom is 0.0784 e. The van der Waals surface area contributed by atoms with Crippen molar-refractivity contribution in [2.45, 2.75) is 90.6 Å². The van der Waals surface area contributed by atoms with Crippen LogP contribution in [0.2, 0.25) is 0 Å². The van der Waals surface area contributed by atoms with Crippen molar-refractivity contribution in [1.29, 1.82) is 0 Å². The minimum atomic E-state index is -0.315. The normalized spacial score (nSPS) is 40.3. The monoisotopic (exact) mass is 328 g/mol. The van der Waals surface area contributed by atoms with Gasteiger partial charge in [0.15, 0.2) is 0 Å². The SMILES string of the molecule is C=C1CC/C(=C/C=C2\CCCC3(C)C(CCCC)CCC23)CC1O. The first-order valence-corrected chi connectivity index (χ1v) is 10.3. The van der Waals surface area contributed by atoms with Gasteiger partial charge in [-0.2, -0.15) is 0 Å². The molecule has 3 rings (SSSR count). The van der Waals surface area contributed by atoms with Crippen LogP contribution in [-0.4, -0.2) is 11.2 Å². The summed E-state index contributed by atoms with van der Waals surface area (Å²) in [6, 6.07) is 0. The zero-order valence-corrected chi connectivity index (χ0v) is 15.8. The van der Waals surface area contributed by atoms with E-state index in [0.29, 0.717) is 5.41 Å². The molecular weight excluding hydrogens is 292 g/mol. The van der Waals surface area contributed by atoms with Crippen LogP contribution in [0.1, 0.15) is 84.5 Å². The number of rotatable bonds is 4. The predicted octanol–water partition coefficient (Wildman–Crippen LogP) is 6.35. The number of aliphatic hydroxyl groups is 1. The lowest BCUT2D eigenvalue weighted by Gasteiger charge is -2.42. The molecular formula is C23H36O. The minimum Gasteiger partial charge on any atom is -0.388 e. The molecule has 0 aliphatic heterocycles. The van der Waals surface area contributed by atoms with Crippen LogP contribution < -0.4 is 0 Å². The largest absolute Gasteiger partial charge is 0.388 e. The second-order valence-corrected chi connectivity index (χ2v) is 8.77. The number of allylic oxidation sites excluding steroid dienone is 3. The molecule has 0 aromatic carbocycles. The van der Waals surface area contributed by atoms with Gasteiger partial charge in [-0.1, -0.05) is 56.6 Å². The molecule has 3 fully saturated rings. The second-order valence-electron chi connectivity index (χ2n) is 8.77. The highest BCUT2D eigenvalue weighted by Crippen LogP contribution is 2.58. The predicted molar refractivity (Wildman–Crippen MR) is 103 cm³/mol. The van der Waals surface area contributed by atoms with Crippen molar-refractivity contribution in [1.82, 2.24) is 0 Å². The highest BCUT2D eigenvalue weighted by Gasteiger charge is 2.48. The summed E-state index contributed by atoms with van der Waals surface area (Å²) in [5.41, 5.74) is 4.68. The molecule has 3 saturated carbocycles. The summed E-state index contributed by atoms with van der Waals surface area (Å²) in [6.07, 6.45) is 18.4. The van der Waals surface area contributed by atoms with Gasteiger partial charge >= 0.3 is 0 Å². The summed E-state index contributed by atoms with van der Waals surface area (Å²) in [7, 11) is 0. The van der Waals surface area contributed by atoms with E-state index in [-0.39, 0.29) is 6.10 Å². The molecule has 0 radical (unpaired) electrons. The molecule has 1 heteroatoms. The van der Waals surface area contributed by atoms with Crippen molar-refractivity contribution < 1.29 is 5.11 Å². The van der Waals surface area contributed by atoms with Crippen molar-refractivity contribution in [2.24, 2.45) is 17.3 Å². The van der Waals surface area contributed by atoms with E-state index in [1.807, 2.05) is 0 Å². The van der Waals surface area contributed by atoms with Gasteiger partial charge in [0.2, 0.25) is 0 Å². The molecule has 3 aliphatic rings. The first kappa shape index (κ1) is 18.0. The number of hydrogen-bond acceptors (Lipinski definition) is 1. The van der Waals surface area contributed by atoms with Crippen LogP contribution in [0.5, 0.6) is 0 Å². The average Bonchev–Trinajstić information content (AvgIpc) is 2.91. The van der Waals surface area contributed by atoms with Crippen molar-refractivity contribution >= 4 is 0 Å². The van der Waals surface area contributed by atoms with Crippen molar-refractivity contribution in [3.05, 3.63) is 35.5 Å². The molecule has 0 spiro atoms. The molecule has 4 unspecified atom stereocenters. The molecule has 0 bridgehead atoms. The fraction of sp³-hybridized carbons (Fsp3) is 0.739.